The molecule has 0 saturated heterocycles. The van der Waals surface area contributed by atoms with E-state index in [9.17, 15) is 13.2 Å². The molecule has 8 heteroatoms. The molecule has 156 valence electrons. The van der Waals surface area contributed by atoms with Gasteiger partial charge in [-0.25, -0.2) is 13.2 Å². The van der Waals surface area contributed by atoms with E-state index in [-0.39, 0.29) is 17.1 Å². The molecule has 0 aliphatic heterocycles. The maximum absolute atomic E-state index is 13.0. The van der Waals surface area contributed by atoms with Crippen LogP contribution >= 0.6 is 11.6 Å². The van der Waals surface area contributed by atoms with Gasteiger partial charge in [-0.05, 0) is 60.2 Å². The van der Waals surface area contributed by atoms with Gasteiger partial charge in [0.25, 0.3) is 10.0 Å². The Morgan fingerprint density at radius 3 is 2.30 bits per heavy atom. The minimum atomic E-state index is -3.87. The Balaban J connectivity index is 1.77. The molecular weight excluding hydrogens is 426 g/mol. The second kappa shape index (κ2) is 9.19. The first-order valence-electron chi connectivity index (χ1n) is 8.96. The molecule has 0 unspecified atom stereocenters. The zero-order valence-electron chi connectivity index (χ0n) is 16.4. The third kappa shape index (κ3) is 4.93. The molecule has 6 nitrogen and oxygen atoms in total. The van der Waals surface area contributed by atoms with E-state index in [0.717, 1.165) is 9.87 Å². The number of esters is 1. The average molecular weight is 446 g/mol. The zero-order valence-corrected chi connectivity index (χ0v) is 18.0. The van der Waals surface area contributed by atoms with E-state index in [4.69, 9.17) is 21.1 Å². The van der Waals surface area contributed by atoms with Crippen LogP contribution in [0.3, 0.4) is 0 Å². The summed E-state index contributed by atoms with van der Waals surface area (Å²) in [6.45, 7) is 0.0543. The number of methoxy groups -OCH3 is 1. The summed E-state index contributed by atoms with van der Waals surface area (Å²) < 4.78 is 37.5. The van der Waals surface area contributed by atoms with E-state index in [2.05, 4.69) is 0 Å². The molecule has 0 aliphatic carbocycles. The minimum Gasteiger partial charge on any atom is -0.497 e. The Kier molecular flexibility index (Phi) is 6.64. The molecule has 0 amide bonds. The summed E-state index contributed by atoms with van der Waals surface area (Å²) in [7, 11) is -0.888. The number of ether oxygens (including phenoxy) is 2. The van der Waals surface area contributed by atoms with Crippen molar-refractivity contribution in [3.63, 3.8) is 0 Å². The highest BCUT2D eigenvalue weighted by Gasteiger charge is 2.23. The largest absolute Gasteiger partial charge is 0.497 e. The molecule has 3 rings (SSSR count). The Labute approximate surface area is 180 Å². The molecule has 3 aromatic carbocycles. The monoisotopic (exact) mass is 445 g/mol. The van der Waals surface area contributed by atoms with Gasteiger partial charge in [0.1, 0.15) is 12.4 Å². The van der Waals surface area contributed by atoms with Gasteiger partial charge in [0.05, 0.1) is 23.3 Å². The summed E-state index contributed by atoms with van der Waals surface area (Å²) in [5.41, 5.74) is 1.38. The summed E-state index contributed by atoms with van der Waals surface area (Å²) in [6, 6.07) is 19.3. The predicted molar refractivity (Wildman–Crippen MR) is 116 cm³/mol. The molecule has 0 bridgehead atoms. The number of anilines is 1. The van der Waals surface area contributed by atoms with E-state index in [0.29, 0.717) is 16.5 Å². The average Bonchev–Trinajstić information content (AvgIpc) is 2.78. The summed E-state index contributed by atoms with van der Waals surface area (Å²) in [4.78, 5) is 12.4. The Bertz CT molecular complexity index is 1130. The number of halogens is 1. The highest BCUT2D eigenvalue weighted by atomic mass is 35.5. The lowest BCUT2D eigenvalue weighted by atomic mass is 10.2. The first-order valence-corrected chi connectivity index (χ1v) is 10.8. The first-order chi connectivity index (χ1) is 14.3. The molecule has 3 aromatic rings. The molecule has 30 heavy (non-hydrogen) atoms. The molecular formula is C22H20ClNO5S. The molecule has 0 aliphatic rings. The van der Waals surface area contributed by atoms with Gasteiger partial charge in [0.2, 0.25) is 0 Å². The molecule has 0 heterocycles. The molecule has 0 saturated carbocycles. The third-order valence-electron chi connectivity index (χ3n) is 4.45. The van der Waals surface area contributed by atoms with Crippen LogP contribution in [0.15, 0.2) is 77.7 Å². The summed E-state index contributed by atoms with van der Waals surface area (Å²) >= 11 is 5.84. The number of benzene rings is 3. The summed E-state index contributed by atoms with van der Waals surface area (Å²) in [5, 5.41) is 0.587. The van der Waals surface area contributed by atoms with Gasteiger partial charge in [0.15, 0.2) is 0 Å². The predicted octanol–water partition coefficient (Wildman–Crippen LogP) is 4.53. The standard InChI is InChI=1S/C22H20ClNO5S/c1-24(19-10-12-20(28-2)13-11-19)30(26,27)21-5-3-4-17(14-21)22(25)29-15-16-6-8-18(23)9-7-16/h3-14H,15H2,1-2H3. The van der Waals surface area contributed by atoms with Crippen LogP contribution in [-0.2, 0) is 21.4 Å². The van der Waals surface area contributed by atoms with Crippen molar-refractivity contribution in [2.75, 3.05) is 18.5 Å². The van der Waals surface area contributed by atoms with E-state index < -0.39 is 16.0 Å². The number of hydrogen-bond donors (Lipinski definition) is 0. The second-order valence-corrected chi connectivity index (χ2v) is 8.81. The van der Waals surface area contributed by atoms with Gasteiger partial charge in [0, 0.05) is 12.1 Å². The van der Waals surface area contributed by atoms with Crippen molar-refractivity contribution in [2.45, 2.75) is 11.5 Å². The number of hydrogen-bond acceptors (Lipinski definition) is 5. The molecule has 0 N–H and O–H groups in total. The van der Waals surface area contributed by atoms with Crippen molar-refractivity contribution in [1.29, 1.82) is 0 Å². The lowest BCUT2D eigenvalue weighted by molar-refractivity contribution is 0.0472. The van der Waals surface area contributed by atoms with Crippen molar-refractivity contribution in [1.82, 2.24) is 0 Å². The van der Waals surface area contributed by atoms with E-state index >= 15 is 0 Å². The van der Waals surface area contributed by atoms with Gasteiger partial charge in [-0.1, -0.05) is 29.8 Å². The van der Waals surface area contributed by atoms with E-state index in [1.165, 1.54) is 38.4 Å². The van der Waals surface area contributed by atoms with Gasteiger partial charge < -0.3 is 9.47 Å². The molecule has 0 spiro atoms. The van der Waals surface area contributed by atoms with Gasteiger partial charge in [-0.2, -0.15) is 0 Å². The van der Waals surface area contributed by atoms with Crippen LogP contribution in [0.4, 0.5) is 5.69 Å². The number of carbonyl (C=O) groups excluding carboxylic acids is 1. The lowest BCUT2D eigenvalue weighted by Crippen LogP contribution is -2.26. The first kappa shape index (κ1) is 21.7. The minimum absolute atomic E-state index is 0.0123. The van der Waals surface area contributed by atoms with Gasteiger partial charge in [-0.3, -0.25) is 4.31 Å². The number of sulfonamides is 1. The van der Waals surface area contributed by atoms with Crippen molar-refractivity contribution in [3.8, 4) is 5.75 Å². The van der Waals surface area contributed by atoms with Gasteiger partial charge in [-0.15, -0.1) is 0 Å². The van der Waals surface area contributed by atoms with Crippen LogP contribution in [0.5, 0.6) is 5.75 Å². The van der Waals surface area contributed by atoms with E-state index in [1.807, 2.05) is 0 Å². The maximum atomic E-state index is 13.0. The fraction of sp³-hybridized carbons (Fsp3) is 0.136. The van der Waals surface area contributed by atoms with Crippen LogP contribution in [0.1, 0.15) is 15.9 Å². The Morgan fingerprint density at radius 1 is 1.00 bits per heavy atom. The molecule has 0 fully saturated rings. The normalized spacial score (nSPS) is 11.0. The topological polar surface area (TPSA) is 72.9 Å². The van der Waals surface area contributed by atoms with Crippen LogP contribution in [0, 0.1) is 0 Å². The number of nitrogens with zero attached hydrogens (tertiary/aromatic N) is 1. The quantitative estimate of drug-likeness (QED) is 0.499. The Morgan fingerprint density at radius 2 is 1.67 bits per heavy atom. The fourth-order valence-corrected chi connectivity index (χ4v) is 4.05. The third-order valence-corrected chi connectivity index (χ3v) is 6.48. The van der Waals surface area contributed by atoms with Crippen LogP contribution in [0.2, 0.25) is 5.02 Å². The van der Waals surface area contributed by atoms with Crippen LogP contribution < -0.4 is 9.04 Å². The summed E-state index contributed by atoms with van der Waals surface area (Å²) in [6.07, 6.45) is 0. The molecule has 0 atom stereocenters. The lowest BCUT2D eigenvalue weighted by Gasteiger charge is -2.20. The smallest absolute Gasteiger partial charge is 0.338 e. The Hall–Kier alpha value is -3.03. The molecule has 0 aromatic heterocycles. The van der Waals surface area contributed by atoms with E-state index in [1.54, 1.807) is 48.5 Å². The SMILES string of the molecule is COc1ccc(N(C)S(=O)(=O)c2cccc(C(=O)OCc3ccc(Cl)cc3)c2)cc1. The number of rotatable bonds is 7. The maximum Gasteiger partial charge on any atom is 0.338 e. The molecule has 0 radical (unpaired) electrons. The highest BCUT2D eigenvalue weighted by Crippen LogP contribution is 2.25. The van der Waals surface area contributed by atoms with Crippen molar-refractivity contribution in [3.05, 3.63) is 88.9 Å². The zero-order chi connectivity index (χ0) is 21.7. The van der Waals surface area contributed by atoms with Crippen molar-refractivity contribution < 1.29 is 22.7 Å². The van der Waals surface area contributed by atoms with Crippen molar-refractivity contribution in [2.24, 2.45) is 0 Å². The van der Waals surface area contributed by atoms with Gasteiger partial charge >= 0.3 is 5.97 Å². The number of carbonyl (C=O) groups is 1. The van der Waals surface area contributed by atoms with Crippen LogP contribution in [0.25, 0.3) is 0 Å². The van der Waals surface area contributed by atoms with Crippen molar-refractivity contribution >= 4 is 33.3 Å². The fourth-order valence-electron chi connectivity index (χ4n) is 2.69. The highest BCUT2D eigenvalue weighted by molar-refractivity contribution is 7.92. The second-order valence-electron chi connectivity index (χ2n) is 6.40. The van der Waals surface area contributed by atoms with Crippen LogP contribution in [-0.4, -0.2) is 28.5 Å². The summed E-state index contributed by atoms with van der Waals surface area (Å²) in [5.74, 6) is 0.00378.